The number of likely N-dealkylation sites (tertiary alicyclic amines) is 1. The fourth-order valence-electron chi connectivity index (χ4n) is 2.18. The molecule has 0 bridgehead atoms. The molecule has 1 atom stereocenters. The van der Waals surface area contributed by atoms with Gasteiger partial charge in [0.1, 0.15) is 6.10 Å². The monoisotopic (exact) mass is 257 g/mol. The fraction of sp³-hybridized carbons (Fsp3) is 0.833. The molecule has 0 aromatic carbocycles. The van der Waals surface area contributed by atoms with Crippen molar-refractivity contribution in [2.75, 3.05) is 33.3 Å². The minimum atomic E-state index is -0.564. The third kappa shape index (κ3) is 3.68. The Morgan fingerprint density at radius 2 is 2.06 bits per heavy atom. The van der Waals surface area contributed by atoms with Crippen molar-refractivity contribution < 1.29 is 14.3 Å². The average molecular weight is 257 g/mol. The number of carbonyl (C=O) groups excluding carboxylic acids is 2. The van der Waals surface area contributed by atoms with Gasteiger partial charge in [0.2, 0.25) is 5.91 Å². The number of hydrogen-bond donors (Lipinski definition) is 2. The number of amides is 2. The summed E-state index contributed by atoms with van der Waals surface area (Å²) >= 11 is 0. The molecule has 0 aromatic rings. The Balaban J connectivity index is 2.43. The van der Waals surface area contributed by atoms with E-state index in [4.69, 9.17) is 10.5 Å². The Bertz CT molecular complexity index is 284. The first kappa shape index (κ1) is 14.9. The molecule has 18 heavy (non-hydrogen) atoms. The van der Waals surface area contributed by atoms with E-state index in [1.165, 1.54) is 7.11 Å². The summed E-state index contributed by atoms with van der Waals surface area (Å²) in [6.45, 7) is 3.93. The molecule has 1 aliphatic rings. The second-order valence-electron chi connectivity index (χ2n) is 4.45. The van der Waals surface area contributed by atoms with Crippen LogP contribution in [0.25, 0.3) is 0 Å². The first-order valence-corrected chi connectivity index (χ1v) is 6.43. The predicted molar refractivity (Wildman–Crippen MR) is 67.8 cm³/mol. The summed E-state index contributed by atoms with van der Waals surface area (Å²) in [5, 5.41) is 2.82. The van der Waals surface area contributed by atoms with Crippen molar-refractivity contribution in [3.8, 4) is 0 Å². The predicted octanol–water partition coefficient (Wildman–Crippen LogP) is -0.665. The first-order valence-electron chi connectivity index (χ1n) is 6.43. The van der Waals surface area contributed by atoms with Gasteiger partial charge < -0.3 is 20.7 Å². The molecule has 1 unspecified atom stereocenters. The number of rotatable bonds is 5. The van der Waals surface area contributed by atoms with Gasteiger partial charge in [-0.3, -0.25) is 9.59 Å². The number of piperidine rings is 1. The van der Waals surface area contributed by atoms with Gasteiger partial charge in [0.05, 0.1) is 0 Å². The van der Waals surface area contributed by atoms with Gasteiger partial charge in [-0.2, -0.15) is 0 Å². The number of carbonyl (C=O) groups is 2. The van der Waals surface area contributed by atoms with E-state index in [0.29, 0.717) is 32.5 Å². The van der Waals surface area contributed by atoms with Crippen molar-refractivity contribution in [1.82, 2.24) is 10.2 Å². The van der Waals surface area contributed by atoms with Crippen molar-refractivity contribution >= 4 is 11.8 Å². The van der Waals surface area contributed by atoms with Gasteiger partial charge >= 0.3 is 0 Å². The fourth-order valence-corrected chi connectivity index (χ4v) is 2.18. The number of methoxy groups -OCH3 is 1. The molecule has 1 heterocycles. The lowest BCUT2D eigenvalue weighted by Crippen LogP contribution is -2.48. The summed E-state index contributed by atoms with van der Waals surface area (Å²) < 4.78 is 5.03. The Hall–Kier alpha value is -1.14. The molecule has 0 radical (unpaired) electrons. The van der Waals surface area contributed by atoms with Crippen LogP contribution in [0.3, 0.4) is 0 Å². The SMILES string of the molecule is CCNC(=O)C1CCN(C(=O)C(CN)OC)CC1. The third-order valence-electron chi connectivity index (χ3n) is 3.30. The van der Waals surface area contributed by atoms with E-state index >= 15 is 0 Å². The van der Waals surface area contributed by atoms with Gasteiger partial charge in [-0.15, -0.1) is 0 Å². The number of nitrogens with two attached hydrogens (primary N) is 1. The molecule has 1 rings (SSSR count). The van der Waals surface area contributed by atoms with Gasteiger partial charge in [0, 0.05) is 39.2 Å². The van der Waals surface area contributed by atoms with Crippen LogP contribution in [0, 0.1) is 5.92 Å². The topological polar surface area (TPSA) is 84.7 Å². The summed E-state index contributed by atoms with van der Waals surface area (Å²) in [4.78, 5) is 25.4. The lowest BCUT2D eigenvalue weighted by molar-refractivity contribution is -0.144. The Labute approximate surface area is 108 Å². The molecule has 0 saturated carbocycles. The Kier molecular flexibility index (Phi) is 6.07. The van der Waals surface area contributed by atoms with Crippen LogP contribution in [0.5, 0.6) is 0 Å². The molecule has 1 saturated heterocycles. The smallest absolute Gasteiger partial charge is 0.253 e. The van der Waals surface area contributed by atoms with E-state index in [9.17, 15) is 9.59 Å². The van der Waals surface area contributed by atoms with Crippen LogP contribution in [0.4, 0.5) is 0 Å². The standard InChI is InChI=1S/C12H23N3O3/c1-3-14-11(16)9-4-6-15(7-5-9)12(17)10(8-13)18-2/h9-10H,3-8,13H2,1-2H3,(H,14,16). The highest BCUT2D eigenvalue weighted by atomic mass is 16.5. The molecule has 2 amide bonds. The van der Waals surface area contributed by atoms with E-state index in [1.807, 2.05) is 6.92 Å². The van der Waals surface area contributed by atoms with Crippen molar-refractivity contribution in [2.24, 2.45) is 11.7 Å². The van der Waals surface area contributed by atoms with Crippen LogP contribution in [-0.2, 0) is 14.3 Å². The summed E-state index contributed by atoms with van der Waals surface area (Å²) in [5.74, 6) is 0.0361. The average Bonchev–Trinajstić information content (AvgIpc) is 2.40. The van der Waals surface area contributed by atoms with Crippen LogP contribution in [-0.4, -0.2) is 56.1 Å². The minimum Gasteiger partial charge on any atom is -0.370 e. The molecule has 6 nitrogen and oxygen atoms in total. The molecular weight excluding hydrogens is 234 g/mol. The van der Waals surface area contributed by atoms with Crippen molar-refractivity contribution in [1.29, 1.82) is 0 Å². The molecular formula is C12H23N3O3. The lowest BCUT2D eigenvalue weighted by Gasteiger charge is -2.33. The van der Waals surface area contributed by atoms with E-state index < -0.39 is 6.10 Å². The lowest BCUT2D eigenvalue weighted by atomic mass is 9.95. The largest absolute Gasteiger partial charge is 0.370 e. The van der Waals surface area contributed by atoms with Gasteiger partial charge in [0.25, 0.3) is 5.91 Å². The van der Waals surface area contributed by atoms with Gasteiger partial charge in [-0.25, -0.2) is 0 Å². The highest BCUT2D eigenvalue weighted by Gasteiger charge is 2.29. The molecule has 1 fully saturated rings. The highest BCUT2D eigenvalue weighted by molar-refractivity contribution is 5.82. The zero-order valence-electron chi connectivity index (χ0n) is 11.1. The van der Waals surface area contributed by atoms with Gasteiger partial charge in [-0.05, 0) is 19.8 Å². The number of nitrogens with one attached hydrogen (secondary N) is 1. The van der Waals surface area contributed by atoms with Crippen molar-refractivity contribution in [3.63, 3.8) is 0 Å². The van der Waals surface area contributed by atoms with Crippen LogP contribution >= 0.6 is 0 Å². The van der Waals surface area contributed by atoms with Crippen LogP contribution in [0.2, 0.25) is 0 Å². The van der Waals surface area contributed by atoms with Crippen LogP contribution in [0.15, 0.2) is 0 Å². The van der Waals surface area contributed by atoms with Gasteiger partial charge in [0.15, 0.2) is 0 Å². The maximum Gasteiger partial charge on any atom is 0.253 e. The summed E-state index contributed by atoms with van der Waals surface area (Å²) in [6.07, 6.45) is 0.850. The second-order valence-corrected chi connectivity index (χ2v) is 4.45. The molecule has 1 aliphatic heterocycles. The highest BCUT2D eigenvalue weighted by Crippen LogP contribution is 2.18. The van der Waals surface area contributed by atoms with Crippen LogP contribution in [0.1, 0.15) is 19.8 Å². The molecule has 6 heteroatoms. The zero-order valence-corrected chi connectivity index (χ0v) is 11.1. The Morgan fingerprint density at radius 3 is 2.50 bits per heavy atom. The molecule has 3 N–H and O–H groups in total. The summed E-state index contributed by atoms with van der Waals surface area (Å²) in [5.41, 5.74) is 5.47. The quantitative estimate of drug-likeness (QED) is 0.684. The molecule has 0 spiro atoms. The maximum atomic E-state index is 12.0. The normalized spacial score (nSPS) is 18.5. The van der Waals surface area contributed by atoms with Crippen molar-refractivity contribution in [2.45, 2.75) is 25.9 Å². The van der Waals surface area contributed by atoms with Crippen molar-refractivity contribution in [3.05, 3.63) is 0 Å². The van der Waals surface area contributed by atoms with E-state index in [2.05, 4.69) is 5.32 Å². The molecule has 104 valence electrons. The number of hydrogen-bond acceptors (Lipinski definition) is 4. The summed E-state index contributed by atoms with van der Waals surface area (Å²) in [7, 11) is 1.48. The zero-order chi connectivity index (χ0) is 13.5. The first-order chi connectivity index (χ1) is 8.63. The van der Waals surface area contributed by atoms with E-state index in [1.54, 1.807) is 4.90 Å². The third-order valence-corrected chi connectivity index (χ3v) is 3.30. The molecule has 0 aliphatic carbocycles. The van der Waals surface area contributed by atoms with Crippen LogP contribution < -0.4 is 11.1 Å². The maximum absolute atomic E-state index is 12.0. The summed E-state index contributed by atoms with van der Waals surface area (Å²) in [6, 6.07) is 0. The second kappa shape index (κ2) is 7.33. The Morgan fingerprint density at radius 1 is 1.44 bits per heavy atom. The minimum absolute atomic E-state index is 0.0212. The van der Waals surface area contributed by atoms with Gasteiger partial charge in [-0.1, -0.05) is 0 Å². The number of ether oxygens (including phenoxy) is 1. The van der Waals surface area contributed by atoms with E-state index in [0.717, 1.165) is 0 Å². The van der Waals surface area contributed by atoms with E-state index in [-0.39, 0.29) is 24.3 Å². The number of nitrogens with zero attached hydrogens (tertiary/aromatic N) is 1. The molecule has 0 aromatic heterocycles.